The molecule has 5 rings (SSSR count). The number of hydrogen-bond donors (Lipinski definition) is 0. The van der Waals surface area contributed by atoms with Crippen molar-refractivity contribution in [1.82, 2.24) is 4.98 Å². The molecule has 3 nitrogen and oxygen atoms in total. The molecule has 5 aromatic rings. The maximum absolute atomic E-state index is 5.94. The Labute approximate surface area is 187 Å². The van der Waals surface area contributed by atoms with Gasteiger partial charge >= 0.3 is 0 Å². The highest BCUT2D eigenvalue weighted by molar-refractivity contribution is 5.76. The van der Waals surface area contributed by atoms with Gasteiger partial charge in [-0.15, -0.1) is 0 Å². The summed E-state index contributed by atoms with van der Waals surface area (Å²) in [5, 5.41) is 2.48. The largest absolute Gasteiger partial charge is 0.436 e. The van der Waals surface area contributed by atoms with E-state index >= 15 is 0 Å². The van der Waals surface area contributed by atoms with E-state index in [1.54, 1.807) is 0 Å². The number of oxazole rings is 1. The van der Waals surface area contributed by atoms with Crippen LogP contribution in [-0.2, 0) is 0 Å². The summed E-state index contributed by atoms with van der Waals surface area (Å²) in [6.07, 6.45) is 4.42. The van der Waals surface area contributed by atoms with Gasteiger partial charge in [-0.05, 0) is 65.9 Å². The Bertz CT molecular complexity index is 1420. The number of nitrogens with zero attached hydrogens (tertiary/aromatic N) is 2. The minimum absolute atomic E-state index is 0.642. The summed E-state index contributed by atoms with van der Waals surface area (Å²) in [5.74, 6) is 0.642. The molecule has 0 saturated carbocycles. The molecule has 1 aromatic heterocycles. The number of aromatic nitrogens is 1. The Morgan fingerprint density at radius 2 is 1.38 bits per heavy atom. The predicted octanol–water partition coefficient (Wildman–Crippen LogP) is 5.91. The van der Waals surface area contributed by atoms with E-state index in [4.69, 9.17) is 4.42 Å². The highest BCUT2D eigenvalue weighted by Crippen LogP contribution is 2.29. The second-order valence-corrected chi connectivity index (χ2v) is 7.60. The van der Waals surface area contributed by atoms with E-state index in [-0.39, 0.29) is 0 Å². The summed E-state index contributed by atoms with van der Waals surface area (Å²) in [6, 6.07) is 35.2. The smallest absolute Gasteiger partial charge is 0.227 e. The lowest BCUT2D eigenvalue weighted by atomic mass is 10.1. The summed E-state index contributed by atoms with van der Waals surface area (Å²) >= 11 is 0. The molecule has 0 atom stereocenters. The van der Waals surface area contributed by atoms with E-state index in [0.717, 1.165) is 34.6 Å². The lowest BCUT2D eigenvalue weighted by Crippen LogP contribution is -2.26. The van der Waals surface area contributed by atoms with Crippen LogP contribution in [0.4, 0.5) is 11.4 Å². The summed E-state index contributed by atoms with van der Waals surface area (Å²) in [7, 11) is 0. The first-order valence-corrected chi connectivity index (χ1v) is 10.8. The lowest BCUT2D eigenvalue weighted by Gasteiger charge is -2.24. The van der Waals surface area contributed by atoms with Crippen molar-refractivity contribution >= 4 is 34.6 Å². The number of hydrogen-bond acceptors (Lipinski definition) is 3. The van der Waals surface area contributed by atoms with Crippen molar-refractivity contribution in [2.24, 2.45) is 0 Å². The SMILES string of the molecule is C/C=c1/cccc/c1=C/CN(c1ccccc1)c1ccc(-c2nc3ccccc3o2)cc1. The fourth-order valence-corrected chi connectivity index (χ4v) is 3.90. The van der Waals surface area contributed by atoms with Crippen LogP contribution in [0.15, 0.2) is 108 Å². The first-order chi connectivity index (χ1) is 15.8. The van der Waals surface area contributed by atoms with Crippen LogP contribution in [-0.4, -0.2) is 11.5 Å². The number of anilines is 2. The van der Waals surface area contributed by atoms with Crippen LogP contribution in [0.1, 0.15) is 6.92 Å². The molecule has 0 N–H and O–H groups in total. The van der Waals surface area contributed by atoms with E-state index < -0.39 is 0 Å². The molecule has 156 valence electrons. The number of rotatable bonds is 5. The van der Waals surface area contributed by atoms with Crippen LogP contribution >= 0.6 is 0 Å². The maximum Gasteiger partial charge on any atom is 0.227 e. The molecule has 0 unspecified atom stereocenters. The third kappa shape index (κ3) is 4.06. The quantitative estimate of drug-likeness (QED) is 0.356. The molecule has 32 heavy (non-hydrogen) atoms. The molecule has 0 aliphatic rings. The third-order valence-corrected chi connectivity index (χ3v) is 5.59. The minimum Gasteiger partial charge on any atom is -0.436 e. The van der Waals surface area contributed by atoms with Gasteiger partial charge in [-0.1, -0.05) is 66.7 Å². The highest BCUT2D eigenvalue weighted by Gasteiger charge is 2.11. The van der Waals surface area contributed by atoms with Crippen molar-refractivity contribution in [2.75, 3.05) is 11.4 Å². The van der Waals surface area contributed by atoms with Gasteiger partial charge in [0.25, 0.3) is 0 Å². The van der Waals surface area contributed by atoms with Gasteiger partial charge in [0.05, 0.1) is 0 Å². The zero-order chi connectivity index (χ0) is 21.8. The zero-order valence-electron chi connectivity index (χ0n) is 18.0. The second kappa shape index (κ2) is 8.94. The predicted molar refractivity (Wildman–Crippen MR) is 133 cm³/mol. The first-order valence-electron chi connectivity index (χ1n) is 10.8. The van der Waals surface area contributed by atoms with Crippen molar-refractivity contribution in [3.05, 3.63) is 114 Å². The molecule has 0 spiro atoms. The molecular formula is C29H24N2O. The van der Waals surface area contributed by atoms with E-state index in [0.29, 0.717) is 5.89 Å². The fourth-order valence-electron chi connectivity index (χ4n) is 3.90. The van der Waals surface area contributed by atoms with Gasteiger partial charge in [0.15, 0.2) is 5.58 Å². The number of para-hydroxylation sites is 3. The molecule has 0 aliphatic heterocycles. The molecule has 0 fully saturated rings. The van der Waals surface area contributed by atoms with Crippen molar-refractivity contribution in [1.29, 1.82) is 0 Å². The average molecular weight is 417 g/mol. The number of fused-ring (bicyclic) bond motifs is 1. The van der Waals surface area contributed by atoms with Gasteiger partial charge in [-0.25, -0.2) is 4.98 Å². The standard InChI is InChI=1S/C29H24N2O/c1-2-22-10-6-7-11-23(22)20-21-31(25-12-4-3-5-13-25)26-18-16-24(17-19-26)29-30-27-14-8-9-15-28(27)32-29/h2-20H,21H2,1H3/b22-2-,23-20-. The van der Waals surface area contributed by atoms with Crippen molar-refractivity contribution in [2.45, 2.75) is 6.92 Å². The molecule has 0 bridgehead atoms. The van der Waals surface area contributed by atoms with E-state index in [1.165, 1.54) is 10.4 Å². The van der Waals surface area contributed by atoms with Crippen LogP contribution in [0.25, 0.3) is 34.7 Å². The summed E-state index contributed by atoms with van der Waals surface area (Å²) in [6.45, 7) is 2.84. The van der Waals surface area contributed by atoms with Crippen LogP contribution < -0.4 is 15.3 Å². The summed E-state index contributed by atoms with van der Waals surface area (Å²) in [5.41, 5.74) is 4.91. The van der Waals surface area contributed by atoms with Gasteiger partial charge in [0.1, 0.15) is 5.52 Å². The maximum atomic E-state index is 5.94. The monoisotopic (exact) mass is 416 g/mol. The molecular weight excluding hydrogens is 392 g/mol. The van der Waals surface area contributed by atoms with Gasteiger partial charge < -0.3 is 9.32 Å². The van der Waals surface area contributed by atoms with Gasteiger partial charge in [0.2, 0.25) is 5.89 Å². The molecule has 0 radical (unpaired) electrons. The third-order valence-electron chi connectivity index (χ3n) is 5.59. The van der Waals surface area contributed by atoms with Crippen molar-refractivity contribution in [3.8, 4) is 11.5 Å². The van der Waals surface area contributed by atoms with Gasteiger partial charge in [-0.3, -0.25) is 0 Å². The van der Waals surface area contributed by atoms with Crippen molar-refractivity contribution in [3.63, 3.8) is 0 Å². The lowest BCUT2D eigenvalue weighted by molar-refractivity contribution is 0.620. The Hall–Kier alpha value is -4.11. The first kappa shape index (κ1) is 19.8. The molecule has 0 saturated heterocycles. The number of benzene rings is 4. The van der Waals surface area contributed by atoms with Gasteiger partial charge in [-0.2, -0.15) is 0 Å². The average Bonchev–Trinajstić information content (AvgIpc) is 3.30. The summed E-state index contributed by atoms with van der Waals surface area (Å²) in [4.78, 5) is 6.93. The topological polar surface area (TPSA) is 29.3 Å². The van der Waals surface area contributed by atoms with Crippen LogP contribution in [0, 0.1) is 0 Å². The summed E-state index contributed by atoms with van der Waals surface area (Å²) < 4.78 is 5.94. The Morgan fingerprint density at radius 1 is 0.719 bits per heavy atom. The van der Waals surface area contributed by atoms with Crippen LogP contribution in [0.5, 0.6) is 0 Å². The van der Waals surface area contributed by atoms with Crippen LogP contribution in [0.2, 0.25) is 0 Å². The molecule has 3 heteroatoms. The molecule has 1 heterocycles. The molecule has 4 aromatic carbocycles. The second-order valence-electron chi connectivity index (χ2n) is 7.60. The molecule has 0 aliphatic carbocycles. The van der Waals surface area contributed by atoms with Crippen molar-refractivity contribution < 1.29 is 4.42 Å². The fraction of sp³-hybridized carbons (Fsp3) is 0.0690. The van der Waals surface area contributed by atoms with E-state index in [9.17, 15) is 0 Å². The highest BCUT2D eigenvalue weighted by atomic mass is 16.3. The van der Waals surface area contributed by atoms with E-state index in [1.807, 2.05) is 30.3 Å². The minimum atomic E-state index is 0.642. The Balaban J connectivity index is 1.50. The van der Waals surface area contributed by atoms with E-state index in [2.05, 4.69) is 102 Å². The Morgan fingerprint density at radius 3 is 2.12 bits per heavy atom. The van der Waals surface area contributed by atoms with Crippen LogP contribution in [0.3, 0.4) is 0 Å². The Kier molecular flexibility index (Phi) is 5.54. The van der Waals surface area contributed by atoms with Gasteiger partial charge in [0, 0.05) is 23.5 Å². The molecule has 0 amide bonds. The zero-order valence-corrected chi connectivity index (χ0v) is 18.0. The normalized spacial score (nSPS) is 12.4.